The number of benzene rings is 2. The molecule has 3 rings (SSSR count). The fraction of sp³-hybridized carbons (Fsp3) is 0.440. The molecule has 2 unspecified atom stereocenters. The van der Waals surface area contributed by atoms with Crippen molar-refractivity contribution < 1.29 is 9.59 Å². The van der Waals surface area contributed by atoms with Crippen molar-refractivity contribution in [3.63, 3.8) is 0 Å². The van der Waals surface area contributed by atoms with Gasteiger partial charge in [-0.25, -0.2) is 0 Å². The molecule has 0 radical (unpaired) electrons. The number of likely N-dealkylation sites (N-methyl/N-ethyl adjacent to an activating group) is 1. The largest absolute Gasteiger partial charge is 0.335 e. The van der Waals surface area contributed by atoms with E-state index in [1.54, 1.807) is 11.8 Å². The fourth-order valence-electron chi connectivity index (χ4n) is 3.87. The van der Waals surface area contributed by atoms with Gasteiger partial charge in [0.25, 0.3) is 5.91 Å². The summed E-state index contributed by atoms with van der Waals surface area (Å²) in [4.78, 5) is 33.0. The van der Waals surface area contributed by atoms with Crippen molar-refractivity contribution in [2.75, 3.05) is 32.9 Å². The number of hydrogen-bond donors (Lipinski definition) is 0. The topological polar surface area (TPSA) is 43.9 Å². The zero-order valence-electron chi connectivity index (χ0n) is 19.0. The van der Waals surface area contributed by atoms with Gasteiger partial charge in [0.05, 0.1) is 5.37 Å². The maximum absolute atomic E-state index is 13.7. The second kappa shape index (κ2) is 10.8. The third-order valence-electron chi connectivity index (χ3n) is 5.57. The summed E-state index contributed by atoms with van der Waals surface area (Å²) >= 11 is 1.71. The summed E-state index contributed by atoms with van der Waals surface area (Å²) in [5, 5.41) is 0.0226. The number of thioether (sulfide) groups is 1. The minimum atomic E-state index is -0.436. The molecule has 1 aliphatic rings. The molecule has 0 aliphatic carbocycles. The molecule has 0 saturated carbocycles. The van der Waals surface area contributed by atoms with E-state index in [9.17, 15) is 9.59 Å². The highest BCUT2D eigenvalue weighted by molar-refractivity contribution is 8.00. The smallest absolute Gasteiger partial charge is 0.255 e. The Bertz CT molecular complexity index is 887. The number of carbonyl (C=O) groups is 2. The van der Waals surface area contributed by atoms with E-state index in [2.05, 4.69) is 11.8 Å². The van der Waals surface area contributed by atoms with Gasteiger partial charge in [0, 0.05) is 31.0 Å². The zero-order chi connectivity index (χ0) is 22.4. The summed E-state index contributed by atoms with van der Waals surface area (Å²) in [5.74, 6) is 0.628. The van der Waals surface area contributed by atoms with Crippen LogP contribution in [0.5, 0.6) is 0 Å². The predicted octanol–water partition coefficient (Wildman–Crippen LogP) is 3.88. The monoisotopic (exact) mass is 439 g/mol. The highest BCUT2D eigenvalue weighted by Crippen LogP contribution is 2.34. The summed E-state index contributed by atoms with van der Waals surface area (Å²) in [6.45, 7) is 6.03. The average molecular weight is 440 g/mol. The first-order valence-corrected chi connectivity index (χ1v) is 11.9. The molecule has 2 amide bonds. The highest BCUT2D eigenvalue weighted by atomic mass is 32.2. The number of nitrogens with zero attached hydrogens (tertiary/aromatic N) is 3. The van der Waals surface area contributed by atoms with Gasteiger partial charge >= 0.3 is 0 Å². The molecule has 31 heavy (non-hydrogen) atoms. The first-order valence-electron chi connectivity index (χ1n) is 10.9. The van der Waals surface area contributed by atoms with Gasteiger partial charge in [-0.15, -0.1) is 11.8 Å². The lowest BCUT2D eigenvalue weighted by Crippen LogP contribution is -2.51. The van der Waals surface area contributed by atoms with Crippen LogP contribution in [0.15, 0.2) is 54.6 Å². The Morgan fingerprint density at radius 2 is 1.81 bits per heavy atom. The van der Waals surface area contributed by atoms with Crippen molar-refractivity contribution >= 4 is 23.6 Å². The number of aryl methyl sites for hydroxylation is 1. The van der Waals surface area contributed by atoms with Crippen molar-refractivity contribution in [1.29, 1.82) is 0 Å². The van der Waals surface area contributed by atoms with Crippen LogP contribution in [-0.4, -0.2) is 70.9 Å². The number of amides is 2. The molecular formula is C25H33N3O2S. The Hall–Kier alpha value is -2.31. The van der Waals surface area contributed by atoms with Gasteiger partial charge in [-0.3, -0.25) is 9.59 Å². The molecule has 5 nitrogen and oxygen atoms in total. The quantitative estimate of drug-likeness (QED) is 0.626. The van der Waals surface area contributed by atoms with Crippen LogP contribution >= 0.6 is 11.8 Å². The van der Waals surface area contributed by atoms with Crippen molar-refractivity contribution in [2.24, 2.45) is 0 Å². The minimum absolute atomic E-state index is 0.0226. The van der Waals surface area contributed by atoms with E-state index < -0.39 is 6.04 Å². The van der Waals surface area contributed by atoms with E-state index in [1.807, 2.05) is 85.4 Å². The molecule has 0 aromatic heterocycles. The molecular weight excluding hydrogens is 406 g/mol. The molecule has 0 N–H and O–H groups in total. The summed E-state index contributed by atoms with van der Waals surface area (Å²) in [6, 6.07) is 17.3. The van der Waals surface area contributed by atoms with Crippen molar-refractivity contribution in [1.82, 2.24) is 14.7 Å². The molecule has 1 fully saturated rings. The van der Waals surface area contributed by atoms with Gasteiger partial charge in [-0.2, -0.15) is 0 Å². The molecule has 166 valence electrons. The lowest BCUT2D eigenvalue weighted by atomic mass is 10.1. The van der Waals surface area contributed by atoms with Gasteiger partial charge in [0.15, 0.2) is 0 Å². The van der Waals surface area contributed by atoms with Gasteiger partial charge in [-0.1, -0.05) is 55.0 Å². The van der Waals surface area contributed by atoms with Crippen LogP contribution < -0.4 is 0 Å². The SMILES string of the molecule is CCC1SCC(C(=O)N(CCN(C)C)Cc2ccccc2)N1C(=O)c1cccc(C)c1. The van der Waals surface area contributed by atoms with Gasteiger partial charge < -0.3 is 14.7 Å². The van der Waals surface area contributed by atoms with Crippen LogP contribution in [-0.2, 0) is 11.3 Å². The zero-order valence-corrected chi connectivity index (χ0v) is 19.8. The Balaban J connectivity index is 1.86. The molecule has 0 bridgehead atoms. The lowest BCUT2D eigenvalue weighted by Gasteiger charge is -2.33. The molecule has 2 atom stereocenters. The van der Waals surface area contributed by atoms with Crippen LogP contribution in [0.4, 0.5) is 0 Å². The summed E-state index contributed by atoms with van der Waals surface area (Å²) < 4.78 is 0. The third-order valence-corrected chi connectivity index (χ3v) is 7.02. The van der Waals surface area contributed by atoms with Gasteiger partial charge in [0.2, 0.25) is 5.91 Å². The summed E-state index contributed by atoms with van der Waals surface area (Å²) in [6.07, 6.45) is 0.822. The summed E-state index contributed by atoms with van der Waals surface area (Å²) in [5.41, 5.74) is 2.80. The van der Waals surface area contributed by atoms with E-state index in [0.29, 0.717) is 24.4 Å². The molecule has 1 aliphatic heterocycles. The van der Waals surface area contributed by atoms with Crippen molar-refractivity contribution in [3.05, 3.63) is 71.3 Å². The molecule has 1 heterocycles. The predicted molar refractivity (Wildman–Crippen MR) is 128 cm³/mol. The Morgan fingerprint density at radius 1 is 1.06 bits per heavy atom. The summed E-state index contributed by atoms with van der Waals surface area (Å²) in [7, 11) is 4.02. The Labute approximate surface area is 190 Å². The second-order valence-corrected chi connectivity index (χ2v) is 9.55. The van der Waals surface area contributed by atoms with Crippen LogP contribution in [0.3, 0.4) is 0 Å². The number of carbonyl (C=O) groups excluding carboxylic acids is 2. The van der Waals surface area contributed by atoms with Crippen LogP contribution in [0, 0.1) is 6.92 Å². The first-order chi connectivity index (χ1) is 14.9. The number of hydrogen-bond acceptors (Lipinski definition) is 4. The Kier molecular flexibility index (Phi) is 8.15. The fourth-order valence-corrected chi connectivity index (χ4v) is 5.22. The van der Waals surface area contributed by atoms with E-state index in [4.69, 9.17) is 0 Å². The van der Waals surface area contributed by atoms with Gasteiger partial charge in [0.1, 0.15) is 6.04 Å². The maximum atomic E-state index is 13.7. The highest BCUT2D eigenvalue weighted by Gasteiger charge is 2.42. The maximum Gasteiger partial charge on any atom is 0.255 e. The van der Waals surface area contributed by atoms with Crippen LogP contribution in [0.1, 0.15) is 34.8 Å². The van der Waals surface area contributed by atoms with E-state index in [0.717, 1.165) is 24.1 Å². The molecule has 6 heteroatoms. The normalized spacial score (nSPS) is 18.4. The molecule has 2 aromatic carbocycles. The van der Waals surface area contributed by atoms with Crippen molar-refractivity contribution in [3.8, 4) is 0 Å². The van der Waals surface area contributed by atoms with Gasteiger partial charge in [-0.05, 0) is 45.1 Å². The van der Waals surface area contributed by atoms with E-state index >= 15 is 0 Å². The molecule has 0 spiro atoms. The average Bonchev–Trinajstić information content (AvgIpc) is 3.20. The Morgan fingerprint density at radius 3 is 2.45 bits per heavy atom. The standard InChI is InChI=1S/C25H33N3O2S/c1-5-23-28(24(29)21-13-9-10-19(2)16-21)22(18-31-23)25(30)27(15-14-26(3)4)17-20-11-7-6-8-12-20/h6-13,16,22-23H,5,14-15,17-18H2,1-4H3. The van der Waals surface area contributed by atoms with Crippen molar-refractivity contribution in [2.45, 2.75) is 38.2 Å². The molecule has 2 aromatic rings. The van der Waals surface area contributed by atoms with Crippen LogP contribution in [0.2, 0.25) is 0 Å². The molecule has 1 saturated heterocycles. The first kappa shape index (κ1) is 23.4. The minimum Gasteiger partial charge on any atom is -0.335 e. The second-order valence-electron chi connectivity index (χ2n) is 8.34. The lowest BCUT2D eigenvalue weighted by molar-refractivity contribution is -0.136. The third kappa shape index (κ3) is 5.89. The van der Waals surface area contributed by atoms with E-state index in [-0.39, 0.29) is 17.2 Å². The van der Waals surface area contributed by atoms with E-state index in [1.165, 1.54) is 0 Å². The number of rotatable bonds is 8. The van der Waals surface area contributed by atoms with Crippen LogP contribution in [0.25, 0.3) is 0 Å².